The van der Waals surface area contributed by atoms with E-state index < -0.39 is 0 Å². The molecule has 0 unspecified atom stereocenters. The zero-order valence-corrected chi connectivity index (χ0v) is 17.2. The van der Waals surface area contributed by atoms with Crippen molar-refractivity contribution in [3.63, 3.8) is 0 Å². The number of nitrogen functional groups attached to an aromatic ring is 2. The maximum Gasteiger partial charge on any atom is 0.223 e. The standard InChI is InChI=1S/C17H19BrN4O3S/c1-7-10(26-16-11(7)15(19)21-17(20)22-16)6-8-5-9(23-2)13(24-3)14(25-4)12(8)18/h5H,6H2,1-4H3,(H4,19,20,21,22). The molecule has 0 atom stereocenters. The maximum atomic E-state index is 6.03. The van der Waals surface area contributed by atoms with E-state index in [0.29, 0.717) is 29.5 Å². The molecule has 2 aromatic heterocycles. The van der Waals surface area contributed by atoms with E-state index in [1.165, 1.54) is 0 Å². The second kappa shape index (κ2) is 7.16. The van der Waals surface area contributed by atoms with Crippen molar-refractivity contribution in [2.24, 2.45) is 0 Å². The summed E-state index contributed by atoms with van der Waals surface area (Å²) in [4.78, 5) is 10.3. The van der Waals surface area contributed by atoms with Crippen molar-refractivity contribution >= 4 is 49.2 Å². The van der Waals surface area contributed by atoms with Crippen molar-refractivity contribution in [1.29, 1.82) is 0 Å². The molecule has 0 fully saturated rings. The number of fused-ring (bicyclic) bond motifs is 1. The van der Waals surface area contributed by atoms with Gasteiger partial charge in [0.1, 0.15) is 10.6 Å². The Hall–Kier alpha value is -2.26. The molecule has 3 aromatic rings. The molecule has 3 rings (SSSR count). The summed E-state index contributed by atoms with van der Waals surface area (Å²) in [7, 11) is 4.77. The fourth-order valence-corrected chi connectivity index (χ4v) is 4.69. The van der Waals surface area contributed by atoms with Gasteiger partial charge in [-0.2, -0.15) is 4.98 Å². The summed E-state index contributed by atoms with van der Waals surface area (Å²) < 4.78 is 17.2. The average Bonchev–Trinajstić information content (AvgIpc) is 2.91. The number of rotatable bonds is 5. The number of aryl methyl sites for hydroxylation is 1. The number of methoxy groups -OCH3 is 3. The number of halogens is 1. The van der Waals surface area contributed by atoms with Gasteiger partial charge in [-0.15, -0.1) is 11.3 Å². The van der Waals surface area contributed by atoms with Crippen molar-refractivity contribution in [1.82, 2.24) is 9.97 Å². The van der Waals surface area contributed by atoms with Crippen LogP contribution < -0.4 is 25.7 Å². The molecule has 0 amide bonds. The second-order valence-electron chi connectivity index (χ2n) is 5.59. The van der Waals surface area contributed by atoms with Gasteiger partial charge in [-0.3, -0.25) is 0 Å². The maximum absolute atomic E-state index is 6.03. The van der Waals surface area contributed by atoms with Crippen LogP contribution in [0.25, 0.3) is 10.2 Å². The van der Waals surface area contributed by atoms with Crippen LogP contribution in [-0.4, -0.2) is 31.3 Å². The van der Waals surface area contributed by atoms with Crippen LogP contribution in [-0.2, 0) is 6.42 Å². The van der Waals surface area contributed by atoms with Crippen molar-refractivity contribution in [3.05, 3.63) is 26.5 Å². The summed E-state index contributed by atoms with van der Waals surface area (Å²) in [5, 5.41) is 0.850. The fourth-order valence-electron chi connectivity index (χ4n) is 2.87. The Bertz CT molecular complexity index is 990. The summed E-state index contributed by atoms with van der Waals surface area (Å²) in [5.41, 5.74) is 13.8. The zero-order chi connectivity index (χ0) is 19.0. The first-order valence-electron chi connectivity index (χ1n) is 7.69. The van der Waals surface area contributed by atoms with Gasteiger partial charge < -0.3 is 25.7 Å². The van der Waals surface area contributed by atoms with Crippen LogP contribution in [0.15, 0.2) is 10.5 Å². The molecule has 9 heteroatoms. The molecule has 1 aromatic carbocycles. The van der Waals surface area contributed by atoms with Gasteiger partial charge in [0.05, 0.1) is 31.2 Å². The van der Waals surface area contributed by atoms with Crippen LogP contribution in [0.3, 0.4) is 0 Å². The van der Waals surface area contributed by atoms with Crippen LogP contribution >= 0.6 is 27.3 Å². The molecule has 0 radical (unpaired) electrons. The lowest BCUT2D eigenvalue weighted by molar-refractivity contribution is 0.322. The average molecular weight is 439 g/mol. The number of thiophene rings is 1. The van der Waals surface area contributed by atoms with Crippen molar-refractivity contribution < 1.29 is 14.2 Å². The number of nitrogens with zero attached hydrogens (tertiary/aromatic N) is 2. The molecule has 0 bridgehead atoms. The number of hydrogen-bond donors (Lipinski definition) is 2. The van der Waals surface area contributed by atoms with E-state index >= 15 is 0 Å². The highest BCUT2D eigenvalue weighted by Gasteiger charge is 2.21. The third-order valence-electron chi connectivity index (χ3n) is 4.13. The van der Waals surface area contributed by atoms with Gasteiger partial charge >= 0.3 is 0 Å². The number of hydrogen-bond acceptors (Lipinski definition) is 8. The van der Waals surface area contributed by atoms with Gasteiger partial charge in [0.2, 0.25) is 11.7 Å². The van der Waals surface area contributed by atoms with Crippen molar-refractivity contribution in [2.45, 2.75) is 13.3 Å². The number of ether oxygens (including phenoxy) is 3. The van der Waals surface area contributed by atoms with Crippen molar-refractivity contribution in [2.75, 3.05) is 32.8 Å². The second-order valence-corrected chi connectivity index (χ2v) is 7.47. The van der Waals surface area contributed by atoms with Crippen LogP contribution in [0.1, 0.15) is 16.0 Å². The highest BCUT2D eigenvalue weighted by Crippen LogP contribution is 2.46. The van der Waals surface area contributed by atoms with E-state index in [1.807, 2.05) is 13.0 Å². The zero-order valence-electron chi connectivity index (χ0n) is 14.8. The van der Waals surface area contributed by atoms with Crippen LogP contribution in [0.5, 0.6) is 17.2 Å². The smallest absolute Gasteiger partial charge is 0.223 e. The number of anilines is 2. The first-order chi connectivity index (χ1) is 12.4. The topological polar surface area (TPSA) is 106 Å². The lowest BCUT2D eigenvalue weighted by atomic mass is 10.1. The molecule has 7 nitrogen and oxygen atoms in total. The van der Waals surface area contributed by atoms with E-state index in [9.17, 15) is 0 Å². The Labute approximate surface area is 163 Å². The predicted octanol–water partition coefficient (Wildman–Crippen LogP) is 3.54. The lowest BCUT2D eigenvalue weighted by Crippen LogP contribution is -2.00. The monoisotopic (exact) mass is 438 g/mol. The molecule has 0 aliphatic heterocycles. The molecule has 0 spiro atoms. The Kier molecular flexibility index (Phi) is 5.10. The quantitative estimate of drug-likeness (QED) is 0.627. The molecule has 0 saturated carbocycles. The van der Waals surface area contributed by atoms with Crippen LogP contribution in [0, 0.1) is 6.92 Å². The molecule has 0 saturated heterocycles. The fraction of sp³-hybridized carbons (Fsp3) is 0.294. The molecule has 0 aliphatic carbocycles. The summed E-state index contributed by atoms with van der Waals surface area (Å²) >= 11 is 5.17. The van der Waals surface area contributed by atoms with Gasteiger partial charge in [-0.1, -0.05) is 0 Å². The minimum Gasteiger partial charge on any atom is -0.493 e. The first-order valence-corrected chi connectivity index (χ1v) is 9.30. The molecule has 138 valence electrons. The van der Waals surface area contributed by atoms with Gasteiger partial charge in [0, 0.05) is 11.3 Å². The normalized spacial score (nSPS) is 11.0. The minimum absolute atomic E-state index is 0.178. The Morgan fingerprint density at radius 1 is 1.08 bits per heavy atom. The number of aromatic nitrogens is 2. The van der Waals surface area contributed by atoms with Gasteiger partial charge in [-0.25, -0.2) is 4.98 Å². The molecule has 4 N–H and O–H groups in total. The highest BCUT2D eigenvalue weighted by molar-refractivity contribution is 9.10. The Morgan fingerprint density at radius 3 is 2.38 bits per heavy atom. The summed E-state index contributed by atoms with van der Waals surface area (Å²) in [6.07, 6.45) is 0.642. The third kappa shape index (κ3) is 3.01. The van der Waals surface area contributed by atoms with E-state index in [-0.39, 0.29) is 5.95 Å². The number of nitrogens with two attached hydrogens (primary N) is 2. The number of benzene rings is 1. The Morgan fingerprint density at radius 2 is 1.77 bits per heavy atom. The van der Waals surface area contributed by atoms with Crippen molar-refractivity contribution in [3.8, 4) is 17.2 Å². The van der Waals surface area contributed by atoms with E-state index in [2.05, 4.69) is 25.9 Å². The lowest BCUT2D eigenvalue weighted by Gasteiger charge is -2.16. The first kappa shape index (κ1) is 18.5. The predicted molar refractivity (Wildman–Crippen MR) is 108 cm³/mol. The molecule has 26 heavy (non-hydrogen) atoms. The van der Waals surface area contributed by atoms with E-state index in [0.717, 1.165) is 30.7 Å². The summed E-state index contributed by atoms with van der Waals surface area (Å²) in [6.45, 7) is 2.01. The van der Waals surface area contributed by atoms with Crippen LogP contribution in [0.2, 0.25) is 0 Å². The molecule has 0 aliphatic rings. The highest BCUT2D eigenvalue weighted by atomic mass is 79.9. The molecular weight excluding hydrogens is 420 g/mol. The summed E-state index contributed by atoms with van der Waals surface area (Å²) in [6, 6.07) is 1.93. The van der Waals surface area contributed by atoms with E-state index in [1.54, 1.807) is 32.7 Å². The third-order valence-corrected chi connectivity index (χ3v) is 6.19. The molecular formula is C17H19BrN4O3S. The largest absolute Gasteiger partial charge is 0.493 e. The summed E-state index contributed by atoms with van der Waals surface area (Å²) in [5.74, 6) is 2.31. The SMILES string of the molecule is COc1cc(Cc2sc3nc(N)nc(N)c3c2C)c(Br)c(OC)c1OC. The minimum atomic E-state index is 0.178. The van der Waals surface area contributed by atoms with Gasteiger partial charge in [-0.05, 0) is 40.0 Å². The van der Waals surface area contributed by atoms with Gasteiger partial charge in [0.15, 0.2) is 11.5 Å². The van der Waals surface area contributed by atoms with Crippen LogP contribution in [0.4, 0.5) is 11.8 Å². The Balaban J connectivity index is 2.14. The van der Waals surface area contributed by atoms with Gasteiger partial charge in [0.25, 0.3) is 0 Å². The van der Waals surface area contributed by atoms with E-state index in [4.69, 9.17) is 25.7 Å². The molecule has 2 heterocycles.